The zero-order chi connectivity index (χ0) is 22.3. The fourth-order valence-corrected chi connectivity index (χ4v) is 4.45. The lowest BCUT2D eigenvalue weighted by Gasteiger charge is -2.29. The molecule has 2 aliphatic rings. The average molecular weight is 438 g/mol. The monoisotopic (exact) mass is 437 g/mol. The molecule has 0 bridgehead atoms. The van der Waals surface area contributed by atoms with Gasteiger partial charge in [0.15, 0.2) is 5.11 Å². The molecule has 2 amide bonds. The van der Waals surface area contributed by atoms with E-state index in [1.807, 2.05) is 43.9 Å². The van der Waals surface area contributed by atoms with Crippen LogP contribution in [0.3, 0.4) is 0 Å². The van der Waals surface area contributed by atoms with Crippen molar-refractivity contribution in [1.82, 2.24) is 5.32 Å². The maximum Gasteiger partial charge on any atom is 0.270 e. The van der Waals surface area contributed by atoms with E-state index in [0.717, 1.165) is 42.6 Å². The minimum absolute atomic E-state index is 0.0319. The normalized spacial score (nSPS) is 18.2. The molecule has 7 heteroatoms. The summed E-state index contributed by atoms with van der Waals surface area (Å²) in [4.78, 5) is 29.2. The summed E-state index contributed by atoms with van der Waals surface area (Å²) in [6.07, 6.45) is 3.54. The summed E-state index contributed by atoms with van der Waals surface area (Å²) in [6, 6.07) is 8.84. The predicted octanol–water partition coefficient (Wildman–Crippen LogP) is 4.18. The highest BCUT2D eigenvalue weighted by molar-refractivity contribution is 7.80. The second-order valence-corrected chi connectivity index (χ2v) is 8.54. The van der Waals surface area contributed by atoms with E-state index >= 15 is 0 Å². The van der Waals surface area contributed by atoms with Crippen molar-refractivity contribution in [2.45, 2.75) is 33.6 Å². The van der Waals surface area contributed by atoms with Gasteiger partial charge < -0.3 is 4.90 Å². The van der Waals surface area contributed by atoms with E-state index in [-0.39, 0.29) is 16.5 Å². The third kappa shape index (κ3) is 4.10. The largest absolute Gasteiger partial charge is 0.369 e. The van der Waals surface area contributed by atoms with Gasteiger partial charge in [-0.25, -0.2) is 4.39 Å². The van der Waals surface area contributed by atoms with Crippen LogP contribution >= 0.6 is 12.2 Å². The number of halogens is 1. The van der Waals surface area contributed by atoms with Gasteiger partial charge in [-0.15, -0.1) is 0 Å². The number of carbonyl (C=O) groups excluding carboxylic acids is 2. The molecule has 0 unspecified atom stereocenters. The van der Waals surface area contributed by atoms with Crippen molar-refractivity contribution in [3.05, 3.63) is 64.0 Å². The lowest BCUT2D eigenvalue weighted by molar-refractivity contribution is -0.122. The fraction of sp³-hybridized carbons (Fsp3) is 0.292. The van der Waals surface area contributed by atoms with Crippen molar-refractivity contribution in [3.8, 4) is 0 Å². The summed E-state index contributed by atoms with van der Waals surface area (Å²) in [5.41, 5.74) is 4.31. The van der Waals surface area contributed by atoms with Crippen LogP contribution in [0.5, 0.6) is 0 Å². The number of hydrogen-bond acceptors (Lipinski definition) is 4. The number of thiocarbonyl (C=S) groups is 1. The molecule has 0 saturated carbocycles. The Morgan fingerprint density at radius 1 is 1.00 bits per heavy atom. The van der Waals surface area contributed by atoms with E-state index < -0.39 is 11.8 Å². The molecule has 0 atom stereocenters. The molecule has 160 valence electrons. The van der Waals surface area contributed by atoms with Crippen LogP contribution in [0, 0.1) is 26.6 Å². The minimum Gasteiger partial charge on any atom is -0.369 e. The standard InChI is InChI=1S/C24H24FN3O2S/c1-14-8-15(2)10-18(9-14)28-23(30)19(22(29)26-24(28)31)12-17-13-20(25)21(11-16(17)3)27-6-4-5-7-27/h8-13H,4-7H2,1-3H3,(H,26,29,31). The van der Waals surface area contributed by atoms with Crippen LogP contribution in [-0.4, -0.2) is 30.0 Å². The number of anilines is 2. The Balaban J connectivity index is 1.72. The summed E-state index contributed by atoms with van der Waals surface area (Å²) in [5.74, 6) is -1.47. The Labute approximate surface area is 186 Å². The van der Waals surface area contributed by atoms with Crippen molar-refractivity contribution in [2.75, 3.05) is 22.9 Å². The maximum absolute atomic E-state index is 14.8. The van der Waals surface area contributed by atoms with Crippen LogP contribution in [0.4, 0.5) is 15.8 Å². The smallest absolute Gasteiger partial charge is 0.270 e. The Morgan fingerprint density at radius 3 is 2.29 bits per heavy atom. The van der Waals surface area contributed by atoms with Gasteiger partial charge in [-0.3, -0.25) is 19.8 Å². The third-order valence-corrected chi connectivity index (χ3v) is 5.93. The minimum atomic E-state index is -0.584. The number of nitrogens with zero attached hydrogens (tertiary/aromatic N) is 2. The summed E-state index contributed by atoms with van der Waals surface area (Å²) >= 11 is 5.27. The first-order valence-corrected chi connectivity index (χ1v) is 10.7. The first-order valence-electron chi connectivity index (χ1n) is 10.3. The van der Waals surface area contributed by atoms with Gasteiger partial charge in [0.2, 0.25) is 0 Å². The van der Waals surface area contributed by atoms with Gasteiger partial charge >= 0.3 is 0 Å². The lowest BCUT2D eigenvalue weighted by atomic mass is 10.0. The fourth-order valence-electron chi connectivity index (χ4n) is 4.16. The van der Waals surface area contributed by atoms with Crippen molar-refractivity contribution < 1.29 is 14.0 Å². The summed E-state index contributed by atoms with van der Waals surface area (Å²) < 4.78 is 14.8. The van der Waals surface area contributed by atoms with Gasteiger partial charge in [0.25, 0.3) is 11.8 Å². The van der Waals surface area contributed by atoms with Gasteiger partial charge in [-0.05, 0) is 98.4 Å². The zero-order valence-electron chi connectivity index (χ0n) is 17.8. The van der Waals surface area contributed by atoms with Gasteiger partial charge in [0, 0.05) is 13.1 Å². The average Bonchev–Trinajstić information content (AvgIpc) is 3.21. The first-order chi connectivity index (χ1) is 14.7. The van der Waals surface area contributed by atoms with Crippen molar-refractivity contribution in [3.63, 3.8) is 0 Å². The summed E-state index contributed by atoms with van der Waals surface area (Å²) in [6.45, 7) is 7.37. The number of aryl methyl sites for hydroxylation is 3. The van der Waals surface area contributed by atoms with Gasteiger partial charge in [0.05, 0.1) is 11.4 Å². The Bertz CT molecular complexity index is 1120. The van der Waals surface area contributed by atoms with E-state index in [1.165, 1.54) is 17.0 Å². The molecule has 31 heavy (non-hydrogen) atoms. The number of rotatable bonds is 3. The molecule has 2 heterocycles. The quantitative estimate of drug-likeness (QED) is 0.445. The van der Waals surface area contributed by atoms with E-state index in [2.05, 4.69) is 5.32 Å². The molecule has 4 rings (SSSR count). The topological polar surface area (TPSA) is 52.7 Å². The maximum atomic E-state index is 14.8. The molecule has 0 spiro atoms. The molecule has 0 aliphatic carbocycles. The van der Waals surface area contributed by atoms with Crippen LogP contribution < -0.4 is 15.1 Å². The highest BCUT2D eigenvalue weighted by Crippen LogP contribution is 2.29. The molecular formula is C24H24FN3O2S. The van der Waals surface area contributed by atoms with E-state index in [9.17, 15) is 14.0 Å². The van der Waals surface area contributed by atoms with E-state index in [4.69, 9.17) is 12.2 Å². The van der Waals surface area contributed by atoms with Crippen molar-refractivity contribution in [1.29, 1.82) is 0 Å². The van der Waals surface area contributed by atoms with Crippen LogP contribution in [0.2, 0.25) is 0 Å². The summed E-state index contributed by atoms with van der Waals surface area (Å²) in [5, 5.41) is 2.62. The Morgan fingerprint density at radius 2 is 1.65 bits per heavy atom. The molecule has 2 fully saturated rings. The molecule has 1 N–H and O–H groups in total. The van der Waals surface area contributed by atoms with Gasteiger partial charge in [-0.2, -0.15) is 0 Å². The van der Waals surface area contributed by atoms with Crippen LogP contribution in [0.1, 0.15) is 35.1 Å². The number of nitrogens with one attached hydrogen (secondary N) is 1. The van der Waals surface area contributed by atoms with E-state index in [1.54, 1.807) is 6.07 Å². The van der Waals surface area contributed by atoms with E-state index in [0.29, 0.717) is 16.9 Å². The molecule has 0 aromatic heterocycles. The molecule has 5 nitrogen and oxygen atoms in total. The van der Waals surface area contributed by atoms with Crippen LogP contribution in [0.25, 0.3) is 6.08 Å². The third-order valence-electron chi connectivity index (χ3n) is 5.65. The van der Waals surface area contributed by atoms with Crippen molar-refractivity contribution >= 4 is 46.6 Å². The number of benzene rings is 2. The lowest BCUT2D eigenvalue weighted by Crippen LogP contribution is -2.54. The zero-order valence-corrected chi connectivity index (χ0v) is 18.6. The second kappa shape index (κ2) is 8.23. The van der Waals surface area contributed by atoms with Crippen LogP contribution in [0.15, 0.2) is 35.9 Å². The van der Waals surface area contributed by atoms with Crippen molar-refractivity contribution in [2.24, 2.45) is 0 Å². The molecule has 2 aliphatic heterocycles. The number of amides is 2. The highest BCUT2D eigenvalue weighted by Gasteiger charge is 2.34. The molecule has 2 aromatic carbocycles. The molecule has 2 aromatic rings. The second-order valence-electron chi connectivity index (χ2n) is 8.16. The number of carbonyl (C=O) groups is 2. The predicted molar refractivity (Wildman–Crippen MR) is 125 cm³/mol. The van der Waals surface area contributed by atoms with Gasteiger partial charge in [0.1, 0.15) is 11.4 Å². The molecular weight excluding hydrogens is 413 g/mol. The Hall–Kier alpha value is -3.06. The van der Waals surface area contributed by atoms with Crippen LogP contribution in [-0.2, 0) is 9.59 Å². The molecule has 0 radical (unpaired) electrons. The summed E-state index contributed by atoms with van der Waals surface area (Å²) in [7, 11) is 0. The molecule has 2 saturated heterocycles. The Kier molecular flexibility index (Phi) is 5.62. The SMILES string of the molecule is Cc1cc(C)cc(N2C(=O)C(=Cc3cc(F)c(N4CCCC4)cc3C)C(=O)NC2=S)c1. The van der Waals surface area contributed by atoms with Gasteiger partial charge in [-0.1, -0.05) is 6.07 Å². The highest BCUT2D eigenvalue weighted by atomic mass is 32.1. The first kappa shape index (κ1) is 21.2. The number of hydrogen-bond donors (Lipinski definition) is 1.